The van der Waals surface area contributed by atoms with Crippen molar-refractivity contribution in [1.82, 2.24) is 4.31 Å². The highest BCUT2D eigenvalue weighted by atomic mass is 32.2. The van der Waals surface area contributed by atoms with Crippen LogP contribution >= 0.6 is 0 Å². The standard InChI is InChI=1S/C18H22N2O4S2/c1-13(14-6-9-17(10-7-14)25(19,21)22)20(2)26(23,24)18-11-8-15-4-3-5-16(15)12-18/h6-13H,3-5H2,1-2H3,(H2,19,21,22)/t13-/m0/s1. The van der Waals surface area contributed by atoms with Crippen molar-refractivity contribution in [2.75, 3.05) is 7.05 Å². The molecule has 0 aromatic heterocycles. The fraction of sp³-hybridized carbons (Fsp3) is 0.333. The SMILES string of the molecule is C[C@@H](c1ccc(S(N)(=O)=O)cc1)N(C)S(=O)(=O)c1ccc2c(c1)CCC2. The fourth-order valence-corrected chi connectivity index (χ4v) is 5.15. The summed E-state index contributed by atoms with van der Waals surface area (Å²) >= 11 is 0. The van der Waals surface area contributed by atoms with Crippen molar-refractivity contribution in [3.05, 3.63) is 59.2 Å². The Morgan fingerprint density at radius 2 is 1.50 bits per heavy atom. The molecule has 6 nitrogen and oxygen atoms in total. The first-order chi connectivity index (χ1) is 12.1. The molecule has 0 heterocycles. The van der Waals surface area contributed by atoms with E-state index >= 15 is 0 Å². The zero-order valence-electron chi connectivity index (χ0n) is 14.7. The van der Waals surface area contributed by atoms with Crippen LogP contribution < -0.4 is 5.14 Å². The normalized spacial score (nSPS) is 15.8. The molecular weight excluding hydrogens is 372 g/mol. The summed E-state index contributed by atoms with van der Waals surface area (Å²) in [6.45, 7) is 1.76. The first kappa shape index (κ1) is 19.0. The van der Waals surface area contributed by atoms with Gasteiger partial charge in [-0.15, -0.1) is 0 Å². The van der Waals surface area contributed by atoms with Gasteiger partial charge in [-0.3, -0.25) is 0 Å². The minimum Gasteiger partial charge on any atom is -0.225 e. The van der Waals surface area contributed by atoms with Gasteiger partial charge in [0.1, 0.15) is 0 Å². The van der Waals surface area contributed by atoms with Gasteiger partial charge in [0, 0.05) is 13.1 Å². The maximum absolute atomic E-state index is 13.0. The predicted molar refractivity (Wildman–Crippen MR) is 99.6 cm³/mol. The van der Waals surface area contributed by atoms with Crippen molar-refractivity contribution >= 4 is 20.0 Å². The molecule has 1 aliphatic rings. The number of benzene rings is 2. The Hall–Kier alpha value is -1.74. The lowest BCUT2D eigenvalue weighted by atomic mass is 10.1. The highest BCUT2D eigenvalue weighted by Gasteiger charge is 2.27. The summed E-state index contributed by atoms with van der Waals surface area (Å²) in [5, 5.41) is 5.10. The molecule has 1 atom stereocenters. The van der Waals surface area contributed by atoms with E-state index in [4.69, 9.17) is 5.14 Å². The largest absolute Gasteiger partial charge is 0.243 e. The number of nitrogens with two attached hydrogens (primary N) is 1. The Morgan fingerprint density at radius 3 is 2.12 bits per heavy atom. The molecule has 140 valence electrons. The fourth-order valence-electron chi connectivity index (χ4n) is 3.23. The molecule has 0 fully saturated rings. The molecule has 0 bridgehead atoms. The van der Waals surface area contributed by atoms with Gasteiger partial charge in [-0.05, 0) is 67.1 Å². The second kappa shape index (κ2) is 6.77. The molecule has 0 aliphatic heterocycles. The van der Waals surface area contributed by atoms with Crippen molar-refractivity contribution < 1.29 is 16.8 Å². The lowest BCUT2D eigenvalue weighted by Gasteiger charge is -2.25. The molecule has 0 saturated heterocycles. The zero-order chi connectivity index (χ0) is 19.1. The number of primary sulfonamides is 1. The third-order valence-electron chi connectivity index (χ3n) is 4.98. The van der Waals surface area contributed by atoms with E-state index in [0.29, 0.717) is 5.56 Å². The van der Waals surface area contributed by atoms with E-state index < -0.39 is 26.1 Å². The van der Waals surface area contributed by atoms with Gasteiger partial charge >= 0.3 is 0 Å². The van der Waals surface area contributed by atoms with Gasteiger partial charge in [0.15, 0.2) is 0 Å². The van der Waals surface area contributed by atoms with Crippen LogP contribution in [-0.2, 0) is 32.9 Å². The summed E-state index contributed by atoms with van der Waals surface area (Å²) in [6, 6.07) is 10.8. The molecule has 0 amide bonds. The van der Waals surface area contributed by atoms with Crippen molar-refractivity contribution in [2.24, 2.45) is 5.14 Å². The molecule has 2 N–H and O–H groups in total. The Morgan fingerprint density at radius 1 is 0.923 bits per heavy atom. The van der Waals surface area contributed by atoms with Crippen LogP contribution in [0.15, 0.2) is 52.3 Å². The van der Waals surface area contributed by atoms with Crippen molar-refractivity contribution in [2.45, 2.75) is 42.0 Å². The summed E-state index contributed by atoms with van der Waals surface area (Å²) in [5.74, 6) is 0. The number of aryl methyl sites for hydroxylation is 2. The van der Waals surface area contributed by atoms with Crippen LogP contribution in [0.1, 0.15) is 36.1 Å². The summed E-state index contributed by atoms with van der Waals surface area (Å²) < 4.78 is 50.0. The highest BCUT2D eigenvalue weighted by molar-refractivity contribution is 7.89. The van der Waals surface area contributed by atoms with Crippen molar-refractivity contribution in [1.29, 1.82) is 0 Å². The molecular formula is C18H22N2O4S2. The molecule has 0 saturated carbocycles. The molecule has 0 unspecified atom stereocenters. The topological polar surface area (TPSA) is 97.5 Å². The van der Waals surface area contributed by atoms with Gasteiger partial charge in [-0.25, -0.2) is 22.0 Å². The van der Waals surface area contributed by atoms with Gasteiger partial charge in [0.25, 0.3) is 0 Å². The summed E-state index contributed by atoms with van der Waals surface area (Å²) in [7, 11) is -5.90. The molecule has 3 rings (SSSR count). The van der Waals surface area contributed by atoms with Gasteiger partial charge in [0.2, 0.25) is 20.0 Å². The van der Waals surface area contributed by atoms with Crippen LogP contribution in [0, 0.1) is 0 Å². The molecule has 0 radical (unpaired) electrons. The Bertz CT molecular complexity index is 1030. The average Bonchev–Trinajstić information content (AvgIpc) is 3.07. The number of hydrogen-bond acceptors (Lipinski definition) is 4. The van der Waals surface area contributed by atoms with E-state index in [0.717, 1.165) is 24.8 Å². The smallest absolute Gasteiger partial charge is 0.225 e. The van der Waals surface area contributed by atoms with Gasteiger partial charge < -0.3 is 0 Å². The van der Waals surface area contributed by atoms with E-state index in [-0.39, 0.29) is 9.79 Å². The number of rotatable bonds is 5. The van der Waals surface area contributed by atoms with Gasteiger partial charge in [0.05, 0.1) is 9.79 Å². The first-order valence-electron chi connectivity index (χ1n) is 8.33. The number of nitrogens with zero attached hydrogens (tertiary/aromatic N) is 1. The Labute approximate surface area is 154 Å². The summed E-state index contributed by atoms with van der Waals surface area (Å²) in [6.07, 6.45) is 2.97. The number of fused-ring (bicyclic) bond motifs is 1. The molecule has 2 aromatic rings. The Kier molecular flexibility index (Phi) is 4.96. The van der Waals surface area contributed by atoms with Crippen LogP contribution in [-0.4, -0.2) is 28.2 Å². The van der Waals surface area contributed by atoms with Crippen LogP contribution in [0.3, 0.4) is 0 Å². The summed E-state index contributed by atoms with van der Waals surface area (Å²) in [4.78, 5) is 0.284. The minimum atomic E-state index is -3.77. The van der Waals surface area contributed by atoms with Crippen molar-refractivity contribution in [3.63, 3.8) is 0 Å². The lowest BCUT2D eigenvalue weighted by molar-refractivity contribution is 0.398. The van der Waals surface area contributed by atoms with E-state index in [1.54, 1.807) is 31.2 Å². The first-order valence-corrected chi connectivity index (χ1v) is 11.3. The number of sulfonamides is 2. The lowest BCUT2D eigenvalue weighted by Crippen LogP contribution is -2.30. The van der Waals surface area contributed by atoms with E-state index in [1.807, 2.05) is 6.07 Å². The molecule has 8 heteroatoms. The van der Waals surface area contributed by atoms with Crippen LogP contribution in [0.25, 0.3) is 0 Å². The third-order valence-corrected chi connectivity index (χ3v) is 7.84. The second-order valence-electron chi connectivity index (χ2n) is 6.60. The monoisotopic (exact) mass is 394 g/mol. The molecule has 2 aromatic carbocycles. The van der Waals surface area contributed by atoms with E-state index in [9.17, 15) is 16.8 Å². The van der Waals surface area contributed by atoms with Crippen LogP contribution in [0.5, 0.6) is 0 Å². The maximum atomic E-state index is 13.0. The van der Waals surface area contributed by atoms with E-state index in [1.165, 1.54) is 29.0 Å². The maximum Gasteiger partial charge on any atom is 0.243 e. The van der Waals surface area contributed by atoms with E-state index in [2.05, 4.69) is 0 Å². The molecule has 0 spiro atoms. The van der Waals surface area contributed by atoms with Gasteiger partial charge in [-0.2, -0.15) is 4.31 Å². The molecule has 1 aliphatic carbocycles. The van der Waals surface area contributed by atoms with Crippen LogP contribution in [0.4, 0.5) is 0 Å². The highest BCUT2D eigenvalue weighted by Crippen LogP contribution is 2.29. The predicted octanol–water partition coefficient (Wildman–Crippen LogP) is 2.20. The zero-order valence-corrected chi connectivity index (χ0v) is 16.3. The third kappa shape index (κ3) is 3.55. The average molecular weight is 395 g/mol. The summed E-state index contributed by atoms with van der Waals surface area (Å²) in [5.41, 5.74) is 3.01. The van der Waals surface area contributed by atoms with Crippen molar-refractivity contribution in [3.8, 4) is 0 Å². The minimum absolute atomic E-state index is 0.00224. The quantitative estimate of drug-likeness (QED) is 0.841. The van der Waals surface area contributed by atoms with Crippen LogP contribution in [0.2, 0.25) is 0 Å². The van der Waals surface area contributed by atoms with Gasteiger partial charge in [-0.1, -0.05) is 18.2 Å². The Balaban J connectivity index is 1.88. The second-order valence-corrected chi connectivity index (χ2v) is 10.2. The number of hydrogen-bond donors (Lipinski definition) is 1. The molecule has 26 heavy (non-hydrogen) atoms.